The highest BCUT2D eigenvalue weighted by Gasteiger charge is 2.33. The van der Waals surface area contributed by atoms with Gasteiger partial charge in [0.25, 0.3) is 0 Å². The zero-order valence-corrected chi connectivity index (χ0v) is 11.6. The highest BCUT2D eigenvalue weighted by Crippen LogP contribution is 2.10. The molecule has 1 aliphatic heterocycles. The molecular formula is C14H16FN3O3. The number of carbonyl (C=O) groups is 3. The standard InChI is InChI=1S/C14H16FN3O3/c1-2-11-14(21)18(13(20)7-16-11)8-12(19)17-10-5-3-4-9(15)6-10/h3-6,11,16H,2,7-8H2,1H3,(H,17,19). The molecule has 1 fully saturated rings. The highest BCUT2D eigenvalue weighted by molar-refractivity contribution is 6.05. The normalized spacial score (nSPS) is 18.8. The Balaban J connectivity index is 2.01. The van der Waals surface area contributed by atoms with Crippen LogP contribution in [-0.2, 0) is 14.4 Å². The van der Waals surface area contributed by atoms with Crippen LogP contribution in [0.4, 0.5) is 10.1 Å². The minimum Gasteiger partial charge on any atom is -0.324 e. The maximum Gasteiger partial charge on any atom is 0.246 e. The third-order valence-electron chi connectivity index (χ3n) is 3.18. The number of amides is 3. The minimum absolute atomic E-state index is 0.0253. The number of rotatable bonds is 4. The number of anilines is 1. The van der Waals surface area contributed by atoms with E-state index in [4.69, 9.17) is 0 Å². The van der Waals surface area contributed by atoms with Crippen LogP contribution in [0, 0.1) is 5.82 Å². The van der Waals surface area contributed by atoms with E-state index in [2.05, 4.69) is 10.6 Å². The van der Waals surface area contributed by atoms with E-state index in [9.17, 15) is 18.8 Å². The molecule has 2 N–H and O–H groups in total. The molecule has 0 radical (unpaired) electrons. The van der Waals surface area contributed by atoms with Crippen molar-refractivity contribution >= 4 is 23.4 Å². The van der Waals surface area contributed by atoms with E-state index in [0.29, 0.717) is 6.42 Å². The Bertz CT molecular complexity index is 576. The van der Waals surface area contributed by atoms with Gasteiger partial charge in [-0.2, -0.15) is 0 Å². The summed E-state index contributed by atoms with van der Waals surface area (Å²) < 4.78 is 13.0. The largest absolute Gasteiger partial charge is 0.324 e. The number of hydrogen-bond donors (Lipinski definition) is 2. The van der Waals surface area contributed by atoms with Crippen molar-refractivity contribution in [1.29, 1.82) is 0 Å². The molecular weight excluding hydrogens is 277 g/mol. The summed E-state index contributed by atoms with van der Waals surface area (Å²) in [5.41, 5.74) is 0.280. The summed E-state index contributed by atoms with van der Waals surface area (Å²) in [5, 5.41) is 5.27. The van der Waals surface area contributed by atoms with Crippen LogP contribution in [0.3, 0.4) is 0 Å². The lowest BCUT2D eigenvalue weighted by atomic mass is 10.1. The Labute approximate surface area is 121 Å². The van der Waals surface area contributed by atoms with Gasteiger partial charge in [-0.1, -0.05) is 13.0 Å². The smallest absolute Gasteiger partial charge is 0.246 e. The van der Waals surface area contributed by atoms with Crippen LogP contribution in [-0.4, -0.2) is 41.8 Å². The predicted octanol–water partition coefficient (Wildman–Crippen LogP) is 0.501. The molecule has 2 rings (SSSR count). The van der Waals surface area contributed by atoms with Crippen molar-refractivity contribution in [3.63, 3.8) is 0 Å². The average Bonchev–Trinajstić information content (AvgIpc) is 2.43. The molecule has 1 aliphatic rings. The molecule has 1 unspecified atom stereocenters. The van der Waals surface area contributed by atoms with E-state index < -0.39 is 29.6 Å². The van der Waals surface area contributed by atoms with Crippen molar-refractivity contribution in [1.82, 2.24) is 10.2 Å². The Morgan fingerprint density at radius 1 is 1.48 bits per heavy atom. The molecule has 112 valence electrons. The van der Waals surface area contributed by atoms with Gasteiger partial charge in [0.1, 0.15) is 12.4 Å². The van der Waals surface area contributed by atoms with Gasteiger partial charge in [0.15, 0.2) is 0 Å². The van der Waals surface area contributed by atoms with Crippen LogP contribution in [0.25, 0.3) is 0 Å². The average molecular weight is 293 g/mol. The first-order valence-electron chi connectivity index (χ1n) is 6.64. The molecule has 1 aromatic rings. The second-order valence-corrected chi connectivity index (χ2v) is 4.72. The molecule has 0 saturated carbocycles. The second kappa shape index (κ2) is 6.45. The fourth-order valence-electron chi connectivity index (χ4n) is 2.10. The topological polar surface area (TPSA) is 78.5 Å². The summed E-state index contributed by atoms with van der Waals surface area (Å²) >= 11 is 0. The van der Waals surface area contributed by atoms with E-state index in [1.54, 1.807) is 0 Å². The molecule has 21 heavy (non-hydrogen) atoms. The minimum atomic E-state index is -0.543. The van der Waals surface area contributed by atoms with Gasteiger partial charge < -0.3 is 5.32 Å². The van der Waals surface area contributed by atoms with E-state index in [1.165, 1.54) is 18.2 Å². The number of imide groups is 1. The van der Waals surface area contributed by atoms with Crippen LogP contribution < -0.4 is 10.6 Å². The van der Waals surface area contributed by atoms with Gasteiger partial charge in [0.2, 0.25) is 17.7 Å². The first kappa shape index (κ1) is 15.1. The molecule has 0 aromatic heterocycles. The number of carbonyl (C=O) groups excluding carboxylic acids is 3. The molecule has 3 amide bonds. The Kier molecular flexibility index (Phi) is 4.64. The lowest BCUT2D eigenvalue weighted by Gasteiger charge is -2.30. The van der Waals surface area contributed by atoms with Crippen LogP contribution in [0.1, 0.15) is 13.3 Å². The van der Waals surface area contributed by atoms with Crippen LogP contribution >= 0.6 is 0 Å². The number of nitrogens with zero attached hydrogens (tertiary/aromatic N) is 1. The molecule has 6 nitrogen and oxygen atoms in total. The zero-order valence-electron chi connectivity index (χ0n) is 11.6. The van der Waals surface area contributed by atoms with Gasteiger partial charge in [-0.15, -0.1) is 0 Å². The van der Waals surface area contributed by atoms with E-state index in [-0.39, 0.29) is 18.8 Å². The fourth-order valence-corrected chi connectivity index (χ4v) is 2.10. The third kappa shape index (κ3) is 3.63. The number of halogens is 1. The summed E-state index contributed by atoms with van der Waals surface area (Å²) in [6.07, 6.45) is 0.536. The maximum atomic E-state index is 13.0. The van der Waals surface area contributed by atoms with Crippen LogP contribution in [0.2, 0.25) is 0 Å². The molecule has 7 heteroatoms. The van der Waals surface area contributed by atoms with Crippen molar-refractivity contribution < 1.29 is 18.8 Å². The van der Waals surface area contributed by atoms with E-state index in [1.807, 2.05) is 6.92 Å². The van der Waals surface area contributed by atoms with Crippen molar-refractivity contribution in [2.45, 2.75) is 19.4 Å². The highest BCUT2D eigenvalue weighted by atomic mass is 19.1. The van der Waals surface area contributed by atoms with Gasteiger partial charge in [-0.25, -0.2) is 4.39 Å². The van der Waals surface area contributed by atoms with Crippen LogP contribution in [0.5, 0.6) is 0 Å². The van der Waals surface area contributed by atoms with Gasteiger partial charge >= 0.3 is 0 Å². The van der Waals surface area contributed by atoms with E-state index >= 15 is 0 Å². The molecule has 0 bridgehead atoms. The molecule has 0 spiro atoms. The quantitative estimate of drug-likeness (QED) is 0.793. The Morgan fingerprint density at radius 2 is 2.24 bits per heavy atom. The van der Waals surface area contributed by atoms with Crippen molar-refractivity contribution in [3.8, 4) is 0 Å². The lowest BCUT2D eigenvalue weighted by Crippen LogP contribution is -2.59. The molecule has 1 aromatic carbocycles. The summed E-state index contributed by atoms with van der Waals surface area (Å²) in [7, 11) is 0. The fraction of sp³-hybridized carbons (Fsp3) is 0.357. The molecule has 1 heterocycles. The number of benzene rings is 1. The van der Waals surface area contributed by atoms with Crippen molar-refractivity contribution in [2.75, 3.05) is 18.4 Å². The van der Waals surface area contributed by atoms with Gasteiger partial charge in [0, 0.05) is 5.69 Å². The van der Waals surface area contributed by atoms with Gasteiger partial charge in [-0.3, -0.25) is 24.6 Å². The Hall–Kier alpha value is -2.28. The molecule has 1 atom stereocenters. The SMILES string of the molecule is CCC1NCC(=O)N(CC(=O)Nc2cccc(F)c2)C1=O. The van der Waals surface area contributed by atoms with Gasteiger partial charge in [-0.05, 0) is 24.6 Å². The zero-order chi connectivity index (χ0) is 15.4. The summed E-state index contributed by atoms with van der Waals surface area (Å²) in [4.78, 5) is 36.5. The molecule has 1 saturated heterocycles. The van der Waals surface area contributed by atoms with Crippen molar-refractivity contribution in [3.05, 3.63) is 30.1 Å². The Morgan fingerprint density at radius 3 is 2.90 bits per heavy atom. The number of hydrogen-bond acceptors (Lipinski definition) is 4. The molecule has 0 aliphatic carbocycles. The first-order valence-corrected chi connectivity index (χ1v) is 6.64. The summed E-state index contributed by atoms with van der Waals surface area (Å²) in [5.74, 6) is -1.88. The summed E-state index contributed by atoms with van der Waals surface area (Å²) in [6.45, 7) is 1.47. The monoisotopic (exact) mass is 293 g/mol. The van der Waals surface area contributed by atoms with Crippen molar-refractivity contribution in [2.24, 2.45) is 0 Å². The first-order chi connectivity index (χ1) is 10.0. The third-order valence-corrected chi connectivity index (χ3v) is 3.18. The van der Waals surface area contributed by atoms with E-state index in [0.717, 1.165) is 11.0 Å². The number of piperazine rings is 1. The van der Waals surface area contributed by atoms with Crippen LogP contribution in [0.15, 0.2) is 24.3 Å². The second-order valence-electron chi connectivity index (χ2n) is 4.72. The number of nitrogens with one attached hydrogen (secondary N) is 2. The summed E-state index contributed by atoms with van der Waals surface area (Å²) in [6, 6.07) is 4.94. The maximum absolute atomic E-state index is 13.0. The predicted molar refractivity (Wildman–Crippen MR) is 73.8 cm³/mol. The van der Waals surface area contributed by atoms with Gasteiger partial charge in [0.05, 0.1) is 12.6 Å². The lowest BCUT2D eigenvalue weighted by molar-refractivity contribution is -0.151.